The second-order valence-electron chi connectivity index (χ2n) is 4.31. The Kier molecular flexibility index (Phi) is 3.09. The minimum absolute atomic E-state index is 0.0345. The summed E-state index contributed by atoms with van der Waals surface area (Å²) >= 11 is 0. The zero-order chi connectivity index (χ0) is 12.4. The molecule has 0 aliphatic rings. The van der Waals surface area contributed by atoms with Gasteiger partial charge in [-0.15, -0.1) is 0 Å². The van der Waals surface area contributed by atoms with E-state index in [4.69, 9.17) is 4.74 Å². The van der Waals surface area contributed by atoms with Gasteiger partial charge < -0.3 is 4.74 Å². The summed E-state index contributed by atoms with van der Waals surface area (Å²) in [4.78, 5) is 15.1. The van der Waals surface area contributed by atoms with Crippen LogP contribution in [0.5, 0.6) is 5.88 Å². The second kappa shape index (κ2) is 4.53. The van der Waals surface area contributed by atoms with Gasteiger partial charge in [0, 0.05) is 5.39 Å². The number of aryl methyl sites for hydroxylation is 1. The highest BCUT2D eigenvalue weighted by molar-refractivity contribution is 5.93. The molecule has 0 aliphatic heterocycles. The molecular formula is C14H15NO2. The van der Waals surface area contributed by atoms with E-state index < -0.39 is 0 Å². The summed E-state index contributed by atoms with van der Waals surface area (Å²) in [5.41, 5.74) is 1.50. The van der Waals surface area contributed by atoms with Crippen LogP contribution in [0, 0.1) is 6.92 Å². The van der Waals surface area contributed by atoms with Crippen molar-refractivity contribution in [3.8, 4) is 5.88 Å². The fourth-order valence-corrected chi connectivity index (χ4v) is 1.84. The van der Waals surface area contributed by atoms with Gasteiger partial charge in [0.15, 0.2) is 6.29 Å². The summed E-state index contributed by atoms with van der Waals surface area (Å²) in [7, 11) is 0. The van der Waals surface area contributed by atoms with Crippen LogP contribution in [0.1, 0.15) is 29.9 Å². The molecule has 3 nitrogen and oxygen atoms in total. The normalized spacial score (nSPS) is 10.8. The zero-order valence-corrected chi connectivity index (χ0v) is 10.2. The second-order valence-corrected chi connectivity index (χ2v) is 4.31. The molecule has 0 aliphatic carbocycles. The van der Waals surface area contributed by atoms with Crippen molar-refractivity contribution < 1.29 is 9.53 Å². The molecule has 0 N–H and O–H groups in total. The van der Waals surface area contributed by atoms with Crippen LogP contribution in [0.15, 0.2) is 24.3 Å². The molecule has 0 fully saturated rings. The smallest absolute Gasteiger partial charge is 0.222 e. The summed E-state index contributed by atoms with van der Waals surface area (Å²) in [6, 6.07) is 7.72. The van der Waals surface area contributed by atoms with E-state index in [0.29, 0.717) is 11.6 Å². The largest absolute Gasteiger partial charge is 0.474 e. The Morgan fingerprint density at radius 2 is 2.12 bits per heavy atom. The van der Waals surface area contributed by atoms with Gasteiger partial charge in [-0.05, 0) is 37.8 Å². The lowest BCUT2D eigenvalue weighted by molar-refractivity contribution is 0.111. The van der Waals surface area contributed by atoms with Crippen molar-refractivity contribution in [2.45, 2.75) is 26.9 Å². The van der Waals surface area contributed by atoms with Gasteiger partial charge in [0.05, 0.1) is 6.10 Å². The number of benzene rings is 1. The summed E-state index contributed by atoms with van der Waals surface area (Å²) in [6.07, 6.45) is 0.779. The first-order valence-corrected chi connectivity index (χ1v) is 5.64. The van der Waals surface area contributed by atoms with Crippen molar-refractivity contribution in [1.82, 2.24) is 4.98 Å². The molecule has 1 heterocycles. The number of carbonyl (C=O) groups is 1. The van der Waals surface area contributed by atoms with Crippen molar-refractivity contribution >= 4 is 17.1 Å². The first kappa shape index (κ1) is 11.6. The molecule has 0 unspecified atom stereocenters. The average Bonchev–Trinajstić information content (AvgIpc) is 2.27. The van der Waals surface area contributed by atoms with Crippen LogP contribution in [0.4, 0.5) is 0 Å². The van der Waals surface area contributed by atoms with E-state index in [-0.39, 0.29) is 6.10 Å². The number of pyridine rings is 1. The molecule has 0 radical (unpaired) electrons. The molecule has 88 valence electrons. The molecule has 0 amide bonds. The van der Waals surface area contributed by atoms with Crippen LogP contribution in [0.25, 0.3) is 10.8 Å². The number of rotatable bonds is 3. The van der Waals surface area contributed by atoms with E-state index in [0.717, 1.165) is 22.6 Å². The predicted molar refractivity (Wildman–Crippen MR) is 67.6 cm³/mol. The van der Waals surface area contributed by atoms with Gasteiger partial charge in [-0.2, -0.15) is 0 Å². The quantitative estimate of drug-likeness (QED) is 0.759. The third-order valence-corrected chi connectivity index (χ3v) is 2.52. The van der Waals surface area contributed by atoms with Crippen LogP contribution in [0.2, 0.25) is 0 Å². The third kappa shape index (κ3) is 2.28. The molecule has 0 bridgehead atoms. The van der Waals surface area contributed by atoms with Gasteiger partial charge in [-0.1, -0.05) is 18.2 Å². The molecule has 0 atom stereocenters. The number of aromatic nitrogens is 1. The lowest BCUT2D eigenvalue weighted by Crippen LogP contribution is -2.08. The van der Waals surface area contributed by atoms with Gasteiger partial charge in [0.2, 0.25) is 5.88 Å². The molecule has 1 aromatic carbocycles. The molecule has 17 heavy (non-hydrogen) atoms. The highest BCUT2D eigenvalue weighted by atomic mass is 16.5. The number of hydrogen-bond acceptors (Lipinski definition) is 3. The molecule has 0 saturated heterocycles. The van der Waals surface area contributed by atoms with E-state index in [9.17, 15) is 4.79 Å². The number of hydrogen-bond donors (Lipinski definition) is 0. The maximum Gasteiger partial charge on any atom is 0.222 e. The Hall–Kier alpha value is -1.90. The first-order chi connectivity index (χ1) is 8.11. The van der Waals surface area contributed by atoms with Gasteiger partial charge in [-0.3, -0.25) is 4.79 Å². The van der Waals surface area contributed by atoms with Crippen molar-refractivity contribution in [3.63, 3.8) is 0 Å². The van der Waals surface area contributed by atoms with E-state index >= 15 is 0 Å². The first-order valence-electron chi connectivity index (χ1n) is 5.64. The maximum atomic E-state index is 10.9. The topological polar surface area (TPSA) is 39.2 Å². The van der Waals surface area contributed by atoms with E-state index in [1.807, 2.05) is 39.0 Å². The highest BCUT2D eigenvalue weighted by Gasteiger charge is 2.10. The van der Waals surface area contributed by atoms with Crippen LogP contribution in [-0.4, -0.2) is 17.4 Å². The van der Waals surface area contributed by atoms with E-state index in [2.05, 4.69) is 4.98 Å². The molecule has 1 aromatic heterocycles. The third-order valence-electron chi connectivity index (χ3n) is 2.52. The average molecular weight is 229 g/mol. The minimum Gasteiger partial charge on any atom is -0.474 e. The number of carbonyl (C=O) groups excluding carboxylic acids is 1. The Labute approximate surface area is 100 Å². The highest BCUT2D eigenvalue weighted by Crippen LogP contribution is 2.28. The van der Waals surface area contributed by atoms with Crippen molar-refractivity contribution in [2.24, 2.45) is 0 Å². The van der Waals surface area contributed by atoms with Gasteiger partial charge in [-0.25, -0.2) is 4.98 Å². The summed E-state index contributed by atoms with van der Waals surface area (Å²) in [6.45, 7) is 5.90. The summed E-state index contributed by atoms with van der Waals surface area (Å²) in [5, 5.41) is 1.96. The Bertz CT molecular complexity index is 561. The lowest BCUT2D eigenvalue weighted by atomic mass is 10.1. The molecule has 0 saturated carbocycles. The molecule has 2 aromatic rings. The van der Waals surface area contributed by atoms with Crippen LogP contribution >= 0.6 is 0 Å². The Morgan fingerprint density at radius 3 is 2.76 bits per heavy atom. The number of fused-ring (bicyclic) bond motifs is 1. The van der Waals surface area contributed by atoms with Crippen LogP contribution in [-0.2, 0) is 0 Å². The molecule has 2 rings (SSSR count). The summed E-state index contributed by atoms with van der Waals surface area (Å²) in [5.74, 6) is 0.540. The van der Waals surface area contributed by atoms with Crippen molar-refractivity contribution in [3.05, 3.63) is 35.5 Å². The fraction of sp³-hybridized carbons (Fsp3) is 0.286. The van der Waals surface area contributed by atoms with Crippen LogP contribution < -0.4 is 4.74 Å². The predicted octanol–water partition coefficient (Wildman–Crippen LogP) is 3.14. The SMILES string of the molecule is Cc1cccc2cc(C=O)nc(OC(C)C)c12. The standard InChI is InChI=1S/C14H15NO2/c1-9(2)17-14-13-10(3)5-4-6-11(13)7-12(8-16)15-14/h4-9H,1-3H3. The van der Waals surface area contributed by atoms with Crippen molar-refractivity contribution in [2.75, 3.05) is 0 Å². The van der Waals surface area contributed by atoms with Gasteiger partial charge >= 0.3 is 0 Å². The monoisotopic (exact) mass is 229 g/mol. The van der Waals surface area contributed by atoms with Gasteiger partial charge in [0.25, 0.3) is 0 Å². The van der Waals surface area contributed by atoms with Crippen LogP contribution in [0.3, 0.4) is 0 Å². The number of ether oxygens (including phenoxy) is 1. The fourth-order valence-electron chi connectivity index (χ4n) is 1.84. The van der Waals surface area contributed by atoms with Crippen molar-refractivity contribution in [1.29, 1.82) is 0 Å². The molecule has 0 spiro atoms. The van der Waals surface area contributed by atoms with E-state index in [1.54, 1.807) is 6.07 Å². The lowest BCUT2D eigenvalue weighted by Gasteiger charge is -2.13. The molecular weight excluding hydrogens is 214 g/mol. The Morgan fingerprint density at radius 1 is 1.35 bits per heavy atom. The minimum atomic E-state index is 0.0345. The van der Waals surface area contributed by atoms with Gasteiger partial charge in [0.1, 0.15) is 5.69 Å². The zero-order valence-electron chi connectivity index (χ0n) is 10.2. The molecule has 3 heteroatoms. The summed E-state index contributed by atoms with van der Waals surface area (Å²) < 4.78 is 5.68. The maximum absolute atomic E-state index is 10.9. The van der Waals surface area contributed by atoms with E-state index in [1.165, 1.54) is 0 Å². The number of nitrogens with zero attached hydrogens (tertiary/aromatic N) is 1. The number of aldehydes is 1. The Balaban J connectivity index is 2.72.